The van der Waals surface area contributed by atoms with E-state index in [1.54, 1.807) is 12.1 Å². The van der Waals surface area contributed by atoms with Crippen molar-refractivity contribution in [2.45, 2.75) is 13.5 Å². The number of rotatable bonds is 7. The maximum absolute atomic E-state index is 6.29. The zero-order valence-electron chi connectivity index (χ0n) is 13.5. The number of nitrogens with zero attached hydrogens (tertiary/aromatic N) is 1. The van der Waals surface area contributed by atoms with E-state index in [2.05, 4.69) is 22.7 Å². The summed E-state index contributed by atoms with van der Waals surface area (Å²) in [6, 6.07) is 10.9. The molecule has 0 atom stereocenters. The summed E-state index contributed by atoms with van der Waals surface area (Å²) in [5.74, 6) is 1.07. The van der Waals surface area contributed by atoms with Crippen LogP contribution in [0.15, 0.2) is 41.5 Å². The van der Waals surface area contributed by atoms with Gasteiger partial charge in [0.1, 0.15) is 6.61 Å². The standard InChI is InChI=1S/C17H17Cl2N3O2S/c1-2-23-15-7-12(9-21-22-17(20)25)14(19)8-16(15)24-10-11-5-3-4-6-13(11)18/h3-9H,2,10H2,1H3,(H3,20,22,25). The van der Waals surface area contributed by atoms with E-state index in [9.17, 15) is 0 Å². The van der Waals surface area contributed by atoms with Crippen molar-refractivity contribution in [2.75, 3.05) is 6.61 Å². The summed E-state index contributed by atoms with van der Waals surface area (Å²) in [7, 11) is 0. The molecule has 0 heterocycles. The van der Waals surface area contributed by atoms with Gasteiger partial charge in [0.05, 0.1) is 17.8 Å². The second kappa shape index (κ2) is 9.46. The van der Waals surface area contributed by atoms with Gasteiger partial charge in [0.15, 0.2) is 16.6 Å². The SMILES string of the molecule is CCOc1cc(C=NNC(N)=S)c(Cl)cc1OCc1ccccc1Cl. The molecule has 0 aliphatic heterocycles. The van der Waals surface area contributed by atoms with Crippen LogP contribution in [0.25, 0.3) is 0 Å². The maximum atomic E-state index is 6.29. The van der Waals surface area contributed by atoms with Crippen LogP contribution in [0.4, 0.5) is 0 Å². The van der Waals surface area contributed by atoms with Crippen LogP contribution in [-0.4, -0.2) is 17.9 Å². The number of benzene rings is 2. The highest BCUT2D eigenvalue weighted by Crippen LogP contribution is 2.34. The Kier molecular flexibility index (Phi) is 7.31. The van der Waals surface area contributed by atoms with Gasteiger partial charge in [0.25, 0.3) is 0 Å². The first kappa shape index (κ1) is 19.3. The minimum absolute atomic E-state index is 0.0668. The van der Waals surface area contributed by atoms with Crippen LogP contribution >= 0.6 is 35.4 Å². The van der Waals surface area contributed by atoms with Gasteiger partial charge >= 0.3 is 0 Å². The van der Waals surface area contributed by atoms with E-state index >= 15 is 0 Å². The maximum Gasteiger partial charge on any atom is 0.184 e. The van der Waals surface area contributed by atoms with E-state index in [0.29, 0.717) is 40.3 Å². The Bertz CT molecular complexity index is 784. The lowest BCUT2D eigenvalue weighted by Crippen LogP contribution is -2.24. The number of nitrogens with one attached hydrogen (secondary N) is 1. The Morgan fingerprint density at radius 2 is 1.92 bits per heavy atom. The molecule has 2 aromatic rings. The van der Waals surface area contributed by atoms with Crippen molar-refractivity contribution in [3.05, 3.63) is 57.6 Å². The molecule has 0 bridgehead atoms. The highest BCUT2D eigenvalue weighted by atomic mass is 35.5. The molecule has 0 saturated carbocycles. The third-order valence-corrected chi connectivity index (χ3v) is 3.87. The predicted molar refractivity (Wildman–Crippen MR) is 106 cm³/mol. The fraction of sp³-hybridized carbons (Fsp3) is 0.176. The molecule has 0 spiro atoms. The minimum Gasteiger partial charge on any atom is -0.490 e. The molecule has 0 aliphatic carbocycles. The third kappa shape index (κ3) is 5.77. The Hall–Kier alpha value is -2.02. The Balaban J connectivity index is 2.22. The largest absolute Gasteiger partial charge is 0.490 e. The quantitative estimate of drug-likeness (QED) is 0.417. The molecule has 0 amide bonds. The molecule has 0 aliphatic rings. The van der Waals surface area contributed by atoms with Gasteiger partial charge in [-0.2, -0.15) is 5.10 Å². The minimum atomic E-state index is 0.0668. The van der Waals surface area contributed by atoms with Gasteiger partial charge in [-0.05, 0) is 31.3 Å². The van der Waals surface area contributed by atoms with Crippen LogP contribution in [-0.2, 0) is 6.61 Å². The summed E-state index contributed by atoms with van der Waals surface area (Å²) < 4.78 is 11.5. The third-order valence-electron chi connectivity index (χ3n) is 3.08. The van der Waals surface area contributed by atoms with Crippen LogP contribution in [0.5, 0.6) is 11.5 Å². The van der Waals surface area contributed by atoms with Crippen LogP contribution in [0.3, 0.4) is 0 Å². The van der Waals surface area contributed by atoms with Crippen LogP contribution in [0.2, 0.25) is 10.0 Å². The lowest BCUT2D eigenvalue weighted by atomic mass is 10.2. The molecule has 0 saturated heterocycles. The summed E-state index contributed by atoms with van der Waals surface area (Å²) in [6.45, 7) is 2.66. The first-order valence-electron chi connectivity index (χ1n) is 7.42. The molecule has 25 heavy (non-hydrogen) atoms. The molecular weight excluding hydrogens is 381 g/mol. The molecule has 3 N–H and O–H groups in total. The number of hydrogen-bond acceptors (Lipinski definition) is 4. The first-order valence-corrected chi connectivity index (χ1v) is 8.58. The lowest BCUT2D eigenvalue weighted by Gasteiger charge is -2.14. The number of hydrogen-bond donors (Lipinski definition) is 2. The molecule has 2 aromatic carbocycles. The van der Waals surface area contributed by atoms with Gasteiger partial charge in [-0.15, -0.1) is 0 Å². The summed E-state index contributed by atoms with van der Waals surface area (Å²) in [6.07, 6.45) is 1.50. The monoisotopic (exact) mass is 397 g/mol. The van der Waals surface area contributed by atoms with Gasteiger partial charge in [-0.25, -0.2) is 0 Å². The molecule has 0 aromatic heterocycles. The predicted octanol–water partition coefficient (Wildman–Crippen LogP) is 4.14. The van der Waals surface area contributed by atoms with E-state index in [1.165, 1.54) is 6.21 Å². The zero-order valence-corrected chi connectivity index (χ0v) is 15.8. The van der Waals surface area contributed by atoms with Crippen molar-refractivity contribution < 1.29 is 9.47 Å². The normalized spacial score (nSPS) is 10.7. The number of thiocarbonyl (C=S) groups is 1. The zero-order chi connectivity index (χ0) is 18.2. The van der Waals surface area contributed by atoms with Crippen LogP contribution in [0.1, 0.15) is 18.1 Å². The fourth-order valence-corrected chi connectivity index (χ4v) is 2.41. The van der Waals surface area contributed by atoms with E-state index < -0.39 is 0 Å². The van der Waals surface area contributed by atoms with Crippen molar-refractivity contribution in [1.82, 2.24) is 5.43 Å². The number of ether oxygens (including phenoxy) is 2. The molecule has 2 rings (SSSR count). The summed E-state index contributed by atoms with van der Waals surface area (Å²) in [5.41, 5.74) is 9.30. The van der Waals surface area contributed by atoms with Gasteiger partial charge < -0.3 is 15.2 Å². The summed E-state index contributed by atoms with van der Waals surface area (Å²) in [5, 5.41) is 5.05. The van der Waals surface area contributed by atoms with Gasteiger partial charge in [-0.3, -0.25) is 5.43 Å². The molecule has 0 unspecified atom stereocenters. The van der Waals surface area contributed by atoms with Crippen molar-refractivity contribution >= 4 is 46.7 Å². The van der Waals surface area contributed by atoms with Crippen molar-refractivity contribution in [3.8, 4) is 11.5 Å². The molecular formula is C17H17Cl2N3O2S. The fourth-order valence-electron chi connectivity index (χ4n) is 1.97. The molecule has 0 radical (unpaired) electrons. The highest BCUT2D eigenvalue weighted by Gasteiger charge is 2.11. The molecule has 8 heteroatoms. The van der Waals surface area contributed by atoms with Gasteiger partial charge in [-0.1, -0.05) is 41.4 Å². The highest BCUT2D eigenvalue weighted by molar-refractivity contribution is 7.80. The van der Waals surface area contributed by atoms with E-state index in [1.807, 2.05) is 31.2 Å². The molecule has 132 valence electrons. The van der Waals surface area contributed by atoms with Crippen LogP contribution in [0, 0.1) is 0 Å². The van der Waals surface area contributed by atoms with Gasteiger partial charge in [0, 0.05) is 22.2 Å². The van der Waals surface area contributed by atoms with E-state index in [0.717, 1.165) is 5.56 Å². The topological polar surface area (TPSA) is 68.9 Å². The Morgan fingerprint density at radius 3 is 2.60 bits per heavy atom. The van der Waals surface area contributed by atoms with E-state index in [4.69, 9.17) is 38.4 Å². The Morgan fingerprint density at radius 1 is 1.20 bits per heavy atom. The summed E-state index contributed by atoms with van der Waals surface area (Å²) >= 11 is 17.1. The Labute approximate surface area is 161 Å². The van der Waals surface area contributed by atoms with Crippen LogP contribution < -0.4 is 20.6 Å². The molecule has 0 fully saturated rings. The average molecular weight is 398 g/mol. The second-order valence-corrected chi connectivity index (χ2v) is 6.12. The lowest BCUT2D eigenvalue weighted by molar-refractivity contribution is 0.269. The average Bonchev–Trinajstić information content (AvgIpc) is 2.57. The number of nitrogens with two attached hydrogens (primary N) is 1. The number of hydrazone groups is 1. The second-order valence-electron chi connectivity index (χ2n) is 4.87. The van der Waals surface area contributed by atoms with Crippen molar-refractivity contribution in [2.24, 2.45) is 10.8 Å². The van der Waals surface area contributed by atoms with Crippen molar-refractivity contribution in [3.63, 3.8) is 0 Å². The van der Waals surface area contributed by atoms with Gasteiger partial charge in [0.2, 0.25) is 0 Å². The summed E-state index contributed by atoms with van der Waals surface area (Å²) in [4.78, 5) is 0. The van der Waals surface area contributed by atoms with Crippen molar-refractivity contribution in [1.29, 1.82) is 0 Å². The number of halogens is 2. The van der Waals surface area contributed by atoms with E-state index in [-0.39, 0.29) is 5.11 Å². The first-order chi connectivity index (χ1) is 12.0. The smallest absolute Gasteiger partial charge is 0.184 e. The molecule has 5 nitrogen and oxygen atoms in total.